The van der Waals surface area contributed by atoms with Gasteiger partial charge in [0.2, 0.25) is 0 Å². The van der Waals surface area contributed by atoms with E-state index >= 15 is 0 Å². The van der Waals surface area contributed by atoms with Crippen LogP contribution < -0.4 is 5.32 Å². The second-order valence-electron chi connectivity index (χ2n) is 6.79. The van der Waals surface area contributed by atoms with E-state index in [0.717, 1.165) is 24.5 Å². The van der Waals surface area contributed by atoms with Gasteiger partial charge in [0.05, 0.1) is 0 Å². The Bertz CT molecular complexity index is 433. The van der Waals surface area contributed by atoms with Gasteiger partial charge in [-0.1, -0.05) is 40.9 Å². The quantitative estimate of drug-likeness (QED) is 0.828. The zero-order valence-electron chi connectivity index (χ0n) is 13.0. The van der Waals surface area contributed by atoms with Crippen molar-refractivity contribution in [2.45, 2.75) is 56.5 Å². The molecule has 2 aliphatic carbocycles. The van der Waals surface area contributed by atoms with Gasteiger partial charge in [-0.25, -0.2) is 0 Å². The van der Waals surface area contributed by atoms with Gasteiger partial charge in [0.25, 0.3) is 0 Å². The normalized spacial score (nSPS) is 26.2. The number of rotatable bonds is 6. The maximum Gasteiger partial charge on any atom is 0.0175 e. The Hall–Kier alpha value is -0.380. The first-order valence-corrected chi connectivity index (χ1v) is 9.21. The van der Waals surface area contributed by atoms with Crippen LogP contribution in [-0.4, -0.2) is 37.1 Å². The summed E-state index contributed by atoms with van der Waals surface area (Å²) < 4.78 is 1.18. The van der Waals surface area contributed by atoms with Crippen LogP contribution in [0.3, 0.4) is 0 Å². The van der Waals surface area contributed by atoms with Crippen LogP contribution in [0.25, 0.3) is 0 Å². The van der Waals surface area contributed by atoms with E-state index in [0.29, 0.717) is 0 Å². The largest absolute Gasteiger partial charge is 0.313 e. The van der Waals surface area contributed by atoms with Gasteiger partial charge < -0.3 is 10.2 Å². The average molecular weight is 351 g/mol. The Balaban J connectivity index is 1.32. The van der Waals surface area contributed by atoms with Crippen LogP contribution in [0.2, 0.25) is 0 Å². The second kappa shape index (κ2) is 7.26. The van der Waals surface area contributed by atoms with Crippen LogP contribution in [0.5, 0.6) is 0 Å². The molecule has 2 aliphatic rings. The van der Waals surface area contributed by atoms with Crippen molar-refractivity contribution < 1.29 is 0 Å². The molecule has 0 amide bonds. The minimum absolute atomic E-state index is 0.732. The summed E-state index contributed by atoms with van der Waals surface area (Å²) in [7, 11) is 2.29. The van der Waals surface area contributed by atoms with Crippen molar-refractivity contribution in [2.75, 3.05) is 20.1 Å². The van der Waals surface area contributed by atoms with Gasteiger partial charge in [-0.05, 0) is 56.3 Å². The van der Waals surface area contributed by atoms with Crippen LogP contribution in [0, 0.1) is 0 Å². The Morgan fingerprint density at radius 1 is 1.14 bits per heavy atom. The molecule has 2 fully saturated rings. The molecule has 0 spiro atoms. The van der Waals surface area contributed by atoms with Gasteiger partial charge in [-0.3, -0.25) is 0 Å². The Kier molecular flexibility index (Phi) is 5.36. The highest BCUT2D eigenvalue weighted by Crippen LogP contribution is 2.37. The lowest BCUT2D eigenvalue weighted by Gasteiger charge is -2.37. The lowest BCUT2D eigenvalue weighted by Crippen LogP contribution is -2.44. The Morgan fingerprint density at radius 3 is 2.48 bits per heavy atom. The fraction of sp³-hybridized carbons (Fsp3) is 0.667. The molecule has 1 aromatic carbocycles. The van der Waals surface area contributed by atoms with Gasteiger partial charge in [0, 0.05) is 29.6 Å². The highest BCUT2D eigenvalue weighted by molar-refractivity contribution is 9.10. The molecule has 0 radical (unpaired) electrons. The standard InChI is InChI=1S/C18H27BrN2/c1-21(18-4-2-3-5-18)11-10-20-17-12-15(13-17)14-6-8-16(19)9-7-14/h6-9,15,17-18,20H,2-5,10-13H2,1H3. The van der Waals surface area contributed by atoms with Crippen molar-refractivity contribution in [3.8, 4) is 0 Å². The predicted molar refractivity (Wildman–Crippen MR) is 92.8 cm³/mol. The number of hydrogen-bond acceptors (Lipinski definition) is 2. The highest BCUT2D eigenvalue weighted by atomic mass is 79.9. The lowest BCUT2D eigenvalue weighted by molar-refractivity contribution is 0.225. The molecule has 0 bridgehead atoms. The fourth-order valence-corrected chi connectivity index (χ4v) is 4.03. The summed E-state index contributed by atoms with van der Waals surface area (Å²) in [4.78, 5) is 2.56. The molecule has 0 aromatic heterocycles. The van der Waals surface area contributed by atoms with E-state index in [2.05, 4.69) is 57.5 Å². The number of benzene rings is 1. The first-order chi connectivity index (χ1) is 10.2. The van der Waals surface area contributed by atoms with E-state index < -0.39 is 0 Å². The molecule has 0 heterocycles. The molecule has 1 N–H and O–H groups in total. The SMILES string of the molecule is CN(CCNC1CC(c2ccc(Br)cc2)C1)C1CCCC1. The highest BCUT2D eigenvalue weighted by Gasteiger charge is 2.29. The molecule has 3 rings (SSSR count). The molecular weight excluding hydrogens is 324 g/mol. The maximum atomic E-state index is 3.73. The summed E-state index contributed by atoms with van der Waals surface area (Å²) in [5.74, 6) is 0.767. The molecule has 116 valence electrons. The third kappa shape index (κ3) is 4.08. The number of hydrogen-bond donors (Lipinski definition) is 1. The Labute approximate surface area is 137 Å². The molecule has 0 aliphatic heterocycles. The minimum Gasteiger partial charge on any atom is -0.313 e. The van der Waals surface area contributed by atoms with E-state index in [4.69, 9.17) is 0 Å². The van der Waals surface area contributed by atoms with Crippen LogP contribution in [0.1, 0.15) is 50.0 Å². The van der Waals surface area contributed by atoms with Crippen molar-refractivity contribution >= 4 is 15.9 Å². The summed E-state index contributed by atoms with van der Waals surface area (Å²) in [5.41, 5.74) is 1.50. The zero-order valence-corrected chi connectivity index (χ0v) is 14.6. The Morgan fingerprint density at radius 2 is 1.81 bits per heavy atom. The third-order valence-electron chi connectivity index (χ3n) is 5.33. The third-order valence-corrected chi connectivity index (χ3v) is 5.85. The molecule has 0 unspecified atom stereocenters. The van der Waals surface area contributed by atoms with Crippen molar-refractivity contribution in [3.05, 3.63) is 34.3 Å². The predicted octanol–water partition coefficient (Wildman–Crippen LogP) is 4.16. The van der Waals surface area contributed by atoms with Crippen molar-refractivity contribution in [1.82, 2.24) is 10.2 Å². The van der Waals surface area contributed by atoms with E-state index in [1.54, 1.807) is 0 Å². The van der Waals surface area contributed by atoms with Gasteiger partial charge in [-0.2, -0.15) is 0 Å². The number of nitrogens with zero attached hydrogens (tertiary/aromatic N) is 1. The topological polar surface area (TPSA) is 15.3 Å². The van der Waals surface area contributed by atoms with Gasteiger partial charge in [0.1, 0.15) is 0 Å². The van der Waals surface area contributed by atoms with Crippen LogP contribution in [0.15, 0.2) is 28.7 Å². The van der Waals surface area contributed by atoms with Crippen molar-refractivity contribution in [3.63, 3.8) is 0 Å². The molecule has 0 saturated heterocycles. The van der Waals surface area contributed by atoms with Gasteiger partial charge in [-0.15, -0.1) is 0 Å². The molecule has 0 atom stereocenters. The summed E-state index contributed by atoms with van der Waals surface area (Å²) in [6.07, 6.45) is 8.28. The summed E-state index contributed by atoms with van der Waals surface area (Å²) in [6.45, 7) is 2.34. The van der Waals surface area contributed by atoms with Gasteiger partial charge in [0.15, 0.2) is 0 Å². The smallest absolute Gasteiger partial charge is 0.0175 e. The first-order valence-electron chi connectivity index (χ1n) is 8.41. The lowest BCUT2D eigenvalue weighted by atomic mass is 9.76. The monoisotopic (exact) mass is 350 g/mol. The molecule has 21 heavy (non-hydrogen) atoms. The van der Waals surface area contributed by atoms with E-state index in [9.17, 15) is 0 Å². The molecule has 2 saturated carbocycles. The van der Waals surface area contributed by atoms with E-state index in [-0.39, 0.29) is 0 Å². The fourth-order valence-electron chi connectivity index (χ4n) is 3.76. The van der Waals surface area contributed by atoms with Crippen LogP contribution in [0.4, 0.5) is 0 Å². The van der Waals surface area contributed by atoms with Crippen molar-refractivity contribution in [1.29, 1.82) is 0 Å². The summed E-state index contributed by atoms with van der Waals surface area (Å²) in [6, 6.07) is 10.4. The van der Waals surface area contributed by atoms with Crippen molar-refractivity contribution in [2.24, 2.45) is 0 Å². The summed E-state index contributed by atoms with van der Waals surface area (Å²) >= 11 is 3.50. The van der Waals surface area contributed by atoms with E-state index in [1.165, 1.54) is 55.1 Å². The number of halogens is 1. The maximum absolute atomic E-state index is 3.73. The number of likely N-dealkylation sites (N-methyl/N-ethyl adjacent to an activating group) is 1. The van der Waals surface area contributed by atoms with Crippen LogP contribution >= 0.6 is 15.9 Å². The second-order valence-corrected chi connectivity index (χ2v) is 7.71. The zero-order chi connectivity index (χ0) is 14.7. The molecule has 2 nitrogen and oxygen atoms in total. The first kappa shape index (κ1) is 15.5. The average Bonchev–Trinajstić information content (AvgIpc) is 2.97. The van der Waals surface area contributed by atoms with E-state index in [1.807, 2.05) is 0 Å². The van der Waals surface area contributed by atoms with Gasteiger partial charge >= 0.3 is 0 Å². The van der Waals surface area contributed by atoms with Crippen LogP contribution in [-0.2, 0) is 0 Å². The summed E-state index contributed by atoms with van der Waals surface area (Å²) in [5, 5.41) is 3.73. The number of nitrogens with one attached hydrogen (secondary N) is 1. The minimum atomic E-state index is 0.732. The molecule has 1 aromatic rings. The molecular formula is C18H27BrN2. The molecule has 3 heteroatoms.